The summed E-state index contributed by atoms with van der Waals surface area (Å²) in [6.07, 6.45) is 6.33. The lowest BCUT2D eigenvalue weighted by Gasteiger charge is -2.11. The molecule has 1 saturated heterocycles. The van der Waals surface area contributed by atoms with Gasteiger partial charge in [0.15, 0.2) is 0 Å². The van der Waals surface area contributed by atoms with E-state index in [1.807, 2.05) is 31.4 Å². The summed E-state index contributed by atoms with van der Waals surface area (Å²) in [6.45, 7) is 6.22. The Hall–Kier alpha value is -2.32. The number of hydrogen-bond acceptors (Lipinski definition) is 5. The predicted molar refractivity (Wildman–Crippen MR) is 120 cm³/mol. The van der Waals surface area contributed by atoms with Gasteiger partial charge in [-0.1, -0.05) is 6.92 Å². The van der Waals surface area contributed by atoms with E-state index in [2.05, 4.69) is 0 Å². The van der Waals surface area contributed by atoms with Gasteiger partial charge in [0.05, 0.1) is 10.5 Å². The van der Waals surface area contributed by atoms with Crippen LogP contribution in [-0.2, 0) is 17.6 Å². The number of carboxylic acids is 1. The summed E-state index contributed by atoms with van der Waals surface area (Å²) in [7, 11) is 0. The van der Waals surface area contributed by atoms with Crippen molar-refractivity contribution in [1.82, 2.24) is 9.47 Å². The molecule has 0 radical (unpaired) electrons. The number of fused-ring (bicyclic) bond motifs is 1. The summed E-state index contributed by atoms with van der Waals surface area (Å²) in [6, 6.07) is 1.95. The molecule has 158 valence electrons. The summed E-state index contributed by atoms with van der Waals surface area (Å²) in [5.74, 6) is -1.14. The first-order valence-corrected chi connectivity index (χ1v) is 11.8. The summed E-state index contributed by atoms with van der Waals surface area (Å²) in [5.41, 5.74) is 4.00. The third-order valence-corrected chi connectivity index (χ3v) is 7.83. The molecule has 1 aliphatic carbocycles. The molecule has 1 N–H and O–H groups in total. The average molecular weight is 445 g/mol. The van der Waals surface area contributed by atoms with E-state index in [0.29, 0.717) is 17.0 Å². The van der Waals surface area contributed by atoms with E-state index in [0.717, 1.165) is 71.4 Å². The van der Waals surface area contributed by atoms with E-state index >= 15 is 0 Å². The first-order chi connectivity index (χ1) is 14.3. The molecule has 1 aliphatic heterocycles. The van der Waals surface area contributed by atoms with Crippen LogP contribution in [0.3, 0.4) is 0 Å². The molecule has 4 rings (SSSR count). The highest BCUT2D eigenvalue weighted by molar-refractivity contribution is 8.18. The Bertz CT molecular complexity index is 1090. The minimum absolute atomic E-state index is 0.235. The highest BCUT2D eigenvalue weighted by atomic mass is 32.2. The van der Waals surface area contributed by atoms with E-state index in [9.17, 15) is 19.5 Å². The third-order valence-electron chi connectivity index (χ3n) is 5.65. The Morgan fingerprint density at radius 1 is 1.23 bits per heavy atom. The van der Waals surface area contributed by atoms with Gasteiger partial charge in [0, 0.05) is 22.8 Å². The predicted octanol–water partition coefficient (Wildman–Crippen LogP) is 5.18. The number of thiophene rings is 1. The van der Waals surface area contributed by atoms with Crippen molar-refractivity contribution in [2.24, 2.45) is 0 Å². The molecule has 0 spiro atoms. The van der Waals surface area contributed by atoms with Crippen LogP contribution in [0.1, 0.15) is 63.9 Å². The normalized spacial score (nSPS) is 17.8. The Balaban J connectivity index is 1.78. The first kappa shape index (κ1) is 20.9. The van der Waals surface area contributed by atoms with Gasteiger partial charge < -0.3 is 9.67 Å². The fraction of sp³-hybridized carbons (Fsp3) is 0.409. The number of hydrogen-bond donors (Lipinski definition) is 1. The molecule has 0 aromatic carbocycles. The lowest BCUT2D eigenvalue weighted by atomic mass is 9.95. The number of thioether (sulfide) groups is 1. The fourth-order valence-electron chi connectivity index (χ4n) is 4.23. The second kappa shape index (κ2) is 8.07. The molecule has 0 unspecified atom stereocenters. The maximum absolute atomic E-state index is 12.6. The molecule has 1 fully saturated rings. The summed E-state index contributed by atoms with van der Waals surface area (Å²) < 4.78 is 1.98. The molecule has 2 amide bonds. The molecular weight excluding hydrogens is 420 g/mol. The summed E-state index contributed by atoms with van der Waals surface area (Å²) >= 11 is 2.53. The zero-order valence-corrected chi connectivity index (χ0v) is 18.9. The molecule has 0 bridgehead atoms. The largest absolute Gasteiger partial charge is 0.478 e. The second-order valence-electron chi connectivity index (χ2n) is 7.69. The monoisotopic (exact) mass is 444 g/mol. The standard InChI is InChI=1S/C22H24N2O4S2/c1-4-9-23-19(25)17(30-22(23)28)11-14-10-12(2)24(13(14)3)20-18(21(26)27)15-7-5-6-8-16(15)29-20/h10-11H,4-9H2,1-3H3,(H,26,27)/b17-11-. The molecular formula is C22H24N2O4S2. The van der Waals surface area contributed by atoms with E-state index in [1.165, 1.54) is 9.78 Å². The Kier molecular flexibility index (Phi) is 5.63. The Labute approximate surface area is 183 Å². The van der Waals surface area contributed by atoms with Gasteiger partial charge in [-0.15, -0.1) is 11.3 Å². The molecule has 2 aromatic heterocycles. The van der Waals surface area contributed by atoms with Crippen molar-refractivity contribution in [3.8, 4) is 5.00 Å². The summed E-state index contributed by atoms with van der Waals surface area (Å²) in [5, 5.41) is 10.4. The van der Waals surface area contributed by atoms with Crippen LogP contribution in [0.4, 0.5) is 4.79 Å². The van der Waals surface area contributed by atoms with Gasteiger partial charge in [-0.05, 0) is 81.0 Å². The van der Waals surface area contributed by atoms with E-state index in [-0.39, 0.29) is 11.1 Å². The van der Waals surface area contributed by atoms with Gasteiger partial charge in [0.1, 0.15) is 5.00 Å². The van der Waals surface area contributed by atoms with Crippen molar-refractivity contribution >= 4 is 46.3 Å². The van der Waals surface area contributed by atoms with Gasteiger partial charge in [0.25, 0.3) is 11.1 Å². The lowest BCUT2D eigenvalue weighted by molar-refractivity contribution is -0.122. The molecule has 2 aromatic rings. The van der Waals surface area contributed by atoms with Crippen molar-refractivity contribution in [1.29, 1.82) is 0 Å². The maximum atomic E-state index is 12.6. The number of imide groups is 1. The molecule has 8 heteroatoms. The number of nitrogens with zero attached hydrogens (tertiary/aromatic N) is 2. The molecule has 6 nitrogen and oxygen atoms in total. The molecule has 0 atom stereocenters. The second-order valence-corrected chi connectivity index (χ2v) is 9.77. The van der Waals surface area contributed by atoms with Gasteiger partial charge in [0.2, 0.25) is 0 Å². The van der Waals surface area contributed by atoms with Crippen molar-refractivity contribution in [2.75, 3.05) is 6.54 Å². The zero-order valence-electron chi connectivity index (χ0n) is 17.3. The van der Waals surface area contributed by atoms with Gasteiger partial charge in [-0.3, -0.25) is 14.5 Å². The van der Waals surface area contributed by atoms with E-state index in [1.54, 1.807) is 17.4 Å². The van der Waals surface area contributed by atoms with Crippen molar-refractivity contribution in [3.63, 3.8) is 0 Å². The minimum Gasteiger partial charge on any atom is -0.478 e. The van der Waals surface area contributed by atoms with E-state index in [4.69, 9.17) is 0 Å². The maximum Gasteiger partial charge on any atom is 0.339 e. The fourth-order valence-corrected chi connectivity index (χ4v) is 6.58. The topological polar surface area (TPSA) is 79.6 Å². The minimum atomic E-state index is -0.890. The van der Waals surface area contributed by atoms with Crippen LogP contribution in [0, 0.1) is 13.8 Å². The first-order valence-electron chi connectivity index (χ1n) is 10.2. The zero-order chi connectivity index (χ0) is 21.6. The van der Waals surface area contributed by atoms with Crippen molar-refractivity contribution in [2.45, 2.75) is 52.9 Å². The number of aromatic carboxylic acids is 1. The van der Waals surface area contributed by atoms with E-state index < -0.39 is 5.97 Å². The number of carbonyl (C=O) groups excluding carboxylic acids is 2. The van der Waals surface area contributed by atoms with Crippen molar-refractivity contribution < 1.29 is 19.5 Å². The van der Waals surface area contributed by atoms with Gasteiger partial charge >= 0.3 is 5.97 Å². The molecule has 30 heavy (non-hydrogen) atoms. The van der Waals surface area contributed by atoms with Crippen LogP contribution in [-0.4, -0.2) is 38.2 Å². The number of aryl methyl sites for hydroxylation is 2. The SMILES string of the molecule is CCCN1C(=O)S/C(=C\c2cc(C)n(-c3sc4c(c3C(=O)O)CCCC4)c2C)C1=O. The van der Waals surface area contributed by atoms with Crippen LogP contribution < -0.4 is 0 Å². The quantitative estimate of drug-likeness (QED) is 0.643. The smallest absolute Gasteiger partial charge is 0.339 e. The van der Waals surface area contributed by atoms with Crippen LogP contribution in [0.15, 0.2) is 11.0 Å². The van der Waals surface area contributed by atoms with Crippen LogP contribution in [0.25, 0.3) is 11.1 Å². The molecule has 2 aliphatic rings. The highest BCUT2D eigenvalue weighted by Crippen LogP contribution is 2.39. The third kappa shape index (κ3) is 3.41. The van der Waals surface area contributed by atoms with Crippen LogP contribution in [0.2, 0.25) is 0 Å². The van der Waals surface area contributed by atoms with Gasteiger partial charge in [-0.25, -0.2) is 4.79 Å². The Morgan fingerprint density at radius 2 is 1.97 bits per heavy atom. The number of rotatable bonds is 5. The Morgan fingerprint density at radius 3 is 2.67 bits per heavy atom. The number of amides is 2. The summed E-state index contributed by atoms with van der Waals surface area (Å²) in [4.78, 5) is 39.7. The number of aromatic nitrogens is 1. The molecule has 0 saturated carbocycles. The highest BCUT2D eigenvalue weighted by Gasteiger charge is 2.34. The molecule has 3 heterocycles. The lowest BCUT2D eigenvalue weighted by Crippen LogP contribution is -2.28. The van der Waals surface area contributed by atoms with Crippen molar-refractivity contribution in [3.05, 3.63) is 43.9 Å². The van der Waals surface area contributed by atoms with Gasteiger partial charge in [-0.2, -0.15) is 0 Å². The van der Waals surface area contributed by atoms with Crippen LogP contribution in [0.5, 0.6) is 0 Å². The average Bonchev–Trinajstić information content (AvgIpc) is 3.29. The number of carbonyl (C=O) groups is 3. The van der Waals surface area contributed by atoms with Crippen LogP contribution >= 0.6 is 23.1 Å². The number of carboxylic acid groups (broad SMARTS) is 1.